The third kappa shape index (κ3) is 4.81. The van der Waals surface area contributed by atoms with E-state index in [4.69, 9.17) is 0 Å². The van der Waals surface area contributed by atoms with Crippen molar-refractivity contribution >= 4 is 66.5 Å². The van der Waals surface area contributed by atoms with E-state index >= 15 is 0 Å². The van der Waals surface area contributed by atoms with Crippen LogP contribution in [0.3, 0.4) is 0 Å². The van der Waals surface area contributed by atoms with Crippen LogP contribution in [0.5, 0.6) is 0 Å². The van der Waals surface area contributed by atoms with E-state index < -0.39 is 23.4 Å². The number of nitrogens with zero attached hydrogens (tertiary/aromatic N) is 3. The van der Waals surface area contributed by atoms with E-state index in [0.717, 1.165) is 28.7 Å². The zero-order chi connectivity index (χ0) is 22.1. The van der Waals surface area contributed by atoms with Crippen molar-refractivity contribution in [3.8, 4) is 0 Å². The van der Waals surface area contributed by atoms with Crippen LogP contribution >= 0.6 is 34.4 Å². The van der Waals surface area contributed by atoms with Crippen LogP contribution in [0.2, 0.25) is 0 Å². The maximum Gasteiger partial charge on any atom is 0.236 e. The normalized spacial score (nSPS) is 11.1. The van der Waals surface area contributed by atoms with Crippen LogP contribution in [0.25, 0.3) is 10.2 Å². The highest BCUT2D eigenvalue weighted by Gasteiger charge is 2.18. The van der Waals surface area contributed by atoms with Gasteiger partial charge in [-0.3, -0.25) is 4.79 Å². The highest BCUT2D eigenvalue weighted by atomic mass is 32.2. The van der Waals surface area contributed by atoms with Crippen molar-refractivity contribution < 1.29 is 18.0 Å². The van der Waals surface area contributed by atoms with Crippen molar-refractivity contribution in [2.45, 2.75) is 18.2 Å². The molecule has 0 aliphatic carbocycles. The van der Waals surface area contributed by atoms with E-state index in [1.165, 1.54) is 28.7 Å². The Morgan fingerprint density at radius 1 is 1.03 bits per heavy atom. The van der Waals surface area contributed by atoms with Gasteiger partial charge < -0.3 is 10.6 Å². The Morgan fingerprint density at radius 3 is 2.61 bits per heavy atom. The summed E-state index contributed by atoms with van der Waals surface area (Å²) in [5.41, 5.74) is 2.92. The van der Waals surface area contributed by atoms with Crippen LogP contribution in [-0.4, -0.2) is 26.8 Å². The van der Waals surface area contributed by atoms with Gasteiger partial charge in [0.2, 0.25) is 11.0 Å². The lowest BCUT2D eigenvalue weighted by atomic mass is 10.1. The number of fused-ring (bicyclic) bond motifs is 1. The number of rotatable bonds is 6. The Balaban J connectivity index is 1.35. The fourth-order valence-electron chi connectivity index (χ4n) is 2.57. The second-order valence-electron chi connectivity index (χ2n) is 6.49. The molecule has 6 nitrogen and oxygen atoms in total. The van der Waals surface area contributed by atoms with Crippen molar-refractivity contribution in [3.63, 3.8) is 0 Å². The summed E-state index contributed by atoms with van der Waals surface area (Å²) in [5.74, 6) is -4.67. The lowest BCUT2D eigenvalue weighted by Crippen LogP contribution is -2.13. The zero-order valence-corrected chi connectivity index (χ0v) is 18.6. The average Bonchev–Trinajstić information content (AvgIpc) is 3.34. The number of hydrogen-bond acceptors (Lipinski definition) is 8. The summed E-state index contributed by atoms with van der Waals surface area (Å²) in [5, 5.41) is 14.4. The molecular formula is C19H14F3N5OS3. The van der Waals surface area contributed by atoms with E-state index in [9.17, 15) is 18.0 Å². The number of amides is 1. The fourth-order valence-corrected chi connectivity index (χ4v) is 5.05. The SMILES string of the molecule is Cc1ccc(Nc2nnc(SCC(=O)Nc3nc4c(F)c(F)c(F)cc4s3)s2)cc1C. The highest BCUT2D eigenvalue weighted by molar-refractivity contribution is 8.01. The predicted molar refractivity (Wildman–Crippen MR) is 118 cm³/mol. The third-order valence-electron chi connectivity index (χ3n) is 4.26. The number of thiazole rings is 1. The van der Waals surface area contributed by atoms with E-state index in [2.05, 4.69) is 25.8 Å². The minimum atomic E-state index is -1.59. The van der Waals surface area contributed by atoms with Gasteiger partial charge in [-0.05, 0) is 43.2 Å². The number of halogens is 3. The second kappa shape index (κ2) is 8.81. The van der Waals surface area contributed by atoms with Gasteiger partial charge in [0, 0.05) is 5.69 Å². The first-order valence-corrected chi connectivity index (χ1v) is 11.5. The summed E-state index contributed by atoms with van der Waals surface area (Å²) < 4.78 is 41.1. The summed E-state index contributed by atoms with van der Waals surface area (Å²) in [6.07, 6.45) is 0. The topological polar surface area (TPSA) is 79.8 Å². The number of carbonyl (C=O) groups is 1. The molecule has 0 fully saturated rings. The summed E-state index contributed by atoms with van der Waals surface area (Å²) in [6.45, 7) is 4.05. The quantitative estimate of drug-likeness (QED) is 0.273. The first-order valence-electron chi connectivity index (χ1n) is 8.84. The number of thioether (sulfide) groups is 1. The Bertz CT molecular complexity index is 1290. The number of carbonyl (C=O) groups excluding carboxylic acids is 1. The van der Waals surface area contributed by atoms with E-state index in [1.54, 1.807) is 0 Å². The standard InChI is InChI=1S/C19H14F3N5OS3/c1-8-3-4-10(5-9(8)2)23-18-26-27-19(31-18)29-7-13(28)24-17-25-16-12(30-17)6-11(20)14(21)15(16)22/h3-6H,7H2,1-2H3,(H,23,26)(H,24,25,28). The Labute approximate surface area is 186 Å². The molecule has 2 heterocycles. The van der Waals surface area contributed by atoms with E-state index in [1.807, 2.05) is 32.0 Å². The summed E-state index contributed by atoms with van der Waals surface area (Å²) in [4.78, 5) is 16.0. The number of aryl methyl sites for hydroxylation is 2. The van der Waals surface area contributed by atoms with Gasteiger partial charge in [-0.2, -0.15) is 0 Å². The van der Waals surface area contributed by atoms with Crippen molar-refractivity contribution in [1.29, 1.82) is 0 Å². The molecule has 160 valence electrons. The first kappa shape index (κ1) is 21.5. The van der Waals surface area contributed by atoms with Gasteiger partial charge in [0.15, 0.2) is 26.9 Å². The predicted octanol–water partition coefficient (Wildman–Crippen LogP) is 5.66. The smallest absolute Gasteiger partial charge is 0.236 e. The maximum atomic E-state index is 13.8. The molecule has 2 N–H and O–H groups in total. The minimum Gasteiger partial charge on any atom is -0.330 e. The molecule has 12 heteroatoms. The zero-order valence-electron chi connectivity index (χ0n) is 16.1. The average molecular weight is 482 g/mol. The second-order valence-corrected chi connectivity index (χ2v) is 9.72. The van der Waals surface area contributed by atoms with Gasteiger partial charge in [0.05, 0.1) is 10.5 Å². The molecule has 1 amide bonds. The summed E-state index contributed by atoms with van der Waals surface area (Å²) in [7, 11) is 0. The van der Waals surface area contributed by atoms with Crippen molar-refractivity contribution in [2.24, 2.45) is 0 Å². The molecule has 0 aliphatic heterocycles. The van der Waals surface area contributed by atoms with Gasteiger partial charge in [-0.15, -0.1) is 10.2 Å². The van der Waals surface area contributed by atoms with Gasteiger partial charge in [-0.1, -0.05) is 40.5 Å². The largest absolute Gasteiger partial charge is 0.330 e. The van der Waals surface area contributed by atoms with Crippen LogP contribution in [0.15, 0.2) is 28.6 Å². The number of hydrogen-bond donors (Lipinski definition) is 2. The molecule has 0 radical (unpaired) electrons. The lowest BCUT2D eigenvalue weighted by Gasteiger charge is -2.05. The Kier molecular flexibility index (Phi) is 6.12. The molecule has 4 aromatic rings. The van der Waals surface area contributed by atoms with Crippen molar-refractivity contribution in [2.75, 3.05) is 16.4 Å². The van der Waals surface area contributed by atoms with Crippen LogP contribution < -0.4 is 10.6 Å². The van der Waals surface area contributed by atoms with Crippen LogP contribution in [0, 0.1) is 31.3 Å². The van der Waals surface area contributed by atoms with Crippen LogP contribution in [0.1, 0.15) is 11.1 Å². The number of aromatic nitrogens is 3. The molecular weight excluding hydrogens is 467 g/mol. The summed E-state index contributed by atoms with van der Waals surface area (Å²) >= 11 is 3.33. The van der Waals surface area contributed by atoms with Crippen LogP contribution in [-0.2, 0) is 4.79 Å². The molecule has 0 bridgehead atoms. The number of benzene rings is 2. The minimum absolute atomic E-state index is 0.0133. The van der Waals surface area contributed by atoms with Gasteiger partial charge >= 0.3 is 0 Å². The van der Waals surface area contributed by atoms with Gasteiger partial charge in [-0.25, -0.2) is 18.2 Å². The number of nitrogens with one attached hydrogen (secondary N) is 2. The fraction of sp³-hybridized carbons (Fsp3) is 0.158. The monoisotopic (exact) mass is 481 g/mol. The lowest BCUT2D eigenvalue weighted by molar-refractivity contribution is -0.113. The molecule has 0 saturated carbocycles. The molecule has 2 aromatic heterocycles. The summed E-state index contributed by atoms with van der Waals surface area (Å²) in [6, 6.07) is 6.81. The Morgan fingerprint density at radius 2 is 1.84 bits per heavy atom. The maximum absolute atomic E-state index is 13.8. The van der Waals surface area contributed by atoms with Gasteiger partial charge in [0.25, 0.3) is 0 Å². The highest BCUT2D eigenvalue weighted by Crippen LogP contribution is 2.31. The van der Waals surface area contributed by atoms with E-state index in [0.29, 0.717) is 9.47 Å². The van der Waals surface area contributed by atoms with Crippen molar-refractivity contribution in [3.05, 3.63) is 52.8 Å². The van der Waals surface area contributed by atoms with Gasteiger partial charge in [0.1, 0.15) is 5.52 Å². The van der Waals surface area contributed by atoms with Crippen LogP contribution in [0.4, 0.5) is 29.1 Å². The molecule has 0 atom stereocenters. The third-order valence-corrected chi connectivity index (χ3v) is 7.15. The molecule has 2 aromatic carbocycles. The number of anilines is 3. The molecule has 0 unspecified atom stereocenters. The van der Waals surface area contributed by atoms with Crippen molar-refractivity contribution in [1.82, 2.24) is 15.2 Å². The molecule has 31 heavy (non-hydrogen) atoms. The molecule has 0 spiro atoms. The molecule has 4 rings (SSSR count). The van der Waals surface area contributed by atoms with E-state index in [-0.39, 0.29) is 21.1 Å². The molecule has 0 aliphatic rings. The first-order chi connectivity index (χ1) is 14.8. The Hall–Kier alpha value is -2.70. The molecule has 0 saturated heterocycles.